The van der Waals surface area contributed by atoms with Crippen LogP contribution in [0.25, 0.3) is 17.4 Å². The van der Waals surface area contributed by atoms with E-state index >= 15 is 0 Å². The van der Waals surface area contributed by atoms with Crippen LogP contribution in [0.15, 0.2) is 61.3 Å². The van der Waals surface area contributed by atoms with Gasteiger partial charge in [0.15, 0.2) is 5.17 Å². The number of furan rings is 1. The molecule has 1 saturated heterocycles. The molecule has 1 aliphatic heterocycles. The quantitative estimate of drug-likeness (QED) is 0.362. The third-order valence-electron chi connectivity index (χ3n) is 4.41. The summed E-state index contributed by atoms with van der Waals surface area (Å²) in [7, 11) is 0. The molecule has 30 heavy (non-hydrogen) atoms. The van der Waals surface area contributed by atoms with Gasteiger partial charge in [-0.2, -0.15) is 0 Å². The maximum Gasteiger partial charge on any atom is 0.264 e. The van der Waals surface area contributed by atoms with Crippen molar-refractivity contribution in [3.63, 3.8) is 0 Å². The predicted octanol–water partition coefficient (Wildman–Crippen LogP) is 7.52. The van der Waals surface area contributed by atoms with Gasteiger partial charge < -0.3 is 9.73 Å². The number of carbonyl (C=O) groups is 1. The van der Waals surface area contributed by atoms with Crippen LogP contribution in [0, 0.1) is 13.8 Å². The van der Waals surface area contributed by atoms with Crippen LogP contribution in [0.3, 0.4) is 0 Å². The van der Waals surface area contributed by atoms with Crippen molar-refractivity contribution in [1.29, 1.82) is 0 Å². The van der Waals surface area contributed by atoms with E-state index in [9.17, 15) is 4.79 Å². The van der Waals surface area contributed by atoms with Crippen LogP contribution in [-0.4, -0.2) is 11.1 Å². The molecule has 2 aromatic carbocycles. The highest BCUT2D eigenvalue weighted by atomic mass is 79.9. The standard InChI is InChI=1S/C22H15BrCl2N2O2S/c1-11-7-14(8-12(2)20(11)23)26-22-27-21(28)19(30-22)10-15-4-6-18(29-15)13-3-5-16(24)17(25)9-13/h3-10H,1-2H3,(H,26,27,28)/b19-10+. The monoisotopic (exact) mass is 520 g/mol. The predicted molar refractivity (Wildman–Crippen MR) is 129 cm³/mol. The molecule has 0 spiro atoms. The summed E-state index contributed by atoms with van der Waals surface area (Å²) in [6.45, 7) is 4.02. The van der Waals surface area contributed by atoms with Crippen molar-refractivity contribution in [3.05, 3.63) is 78.8 Å². The van der Waals surface area contributed by atoms with E-state index in [0.29, 0.717) is 31.6 Å². The van der Waals surface area contributed by atoms with E-state index in [1.807, 2.05) is 38.1 Å². The van der Waals surface area contributed by atoms with Crippen molar-refractivity contribution in [3.8, 4) is 11.3 Å². The normalized spacial score (nSPS) is 16.5. The molecule has 1 fully saturated rings. The highest BCUT2D eigenvalue weighted by molar-refractivity contribution is 9.10. The average Bonchev–Trinajstić information content (AvgIpc) is 3.29. The summed E-state index contributed by atoms with van der Waals surface area (Å²) >= 11 is 16.9. The van der Waals surface area contributed by atoms with Crippen LogP contribution in [0.1, 0.15) is 16.9 Å². The Morgan fingerprint density at radius 3 is 2.50 bits per heavy atom. The number of amidine groups is 1. The lowest BCUT2D eigenvalue weighted by Gasteiger charge is -2.04. The number of hydrogen-bond donors (Lipinski definition) is 1. The number of hydrogen-bond acceptors (Lipinski definition) is 4. The van der Waals surface area contributed by atoms with Crippen LogP contribution >= 0.6 is 50.9 Å². The molecule has 2 heterocycles. The molecule has 1 aliphatic rings. The number of benzene rings is 2. The van der Waals surface area contributed by atoms with Gasteiger partial charge in [-0.15, -0.1) is 0 Å². The van der Waals surface area contributed by atoms with E-state index in [2.05, 4.69) is 26.2 Å². The molecule has 0 saturated carbocycles. The summed E-state index contributed by atoms with van der Waals surface area (Å²) in [6.07, 6.45) is 1.70. The Bertz CT molecular complexity index is 1210. The Morgan fingerprint density at radius 1 is 1.07 bits per heavy atom. The number of halogens is 3. The molecular weight excluding hydrogens is 507 g/mol. The van der Waals surface area contributed by atoms with Crippen LogP contribution in [0.2, 0.25) is 10.0 Å². The molecule has 3 aromatic rings. The summed E-state index contributed by atoms with van der Waals surface area (Å²) in [5.74, 6) is 0.987. The summed E-state index contributed by atoms with van der Waals surface area (Å²) in [6, 6.07) is 12.8. The number of thioether (sulfide) groups is 1. The second-order valence-electron chi connectivity index (χ2n) is 6.71. The lowest BCUT2D eigenvalue weighted by Crippen LogP contribution is -2.19. The van der Waals surface area contributed by atoms with Gasteiger partial charge in [0, 0.05) is 16.1 Å². The van der Waals surface area contributed by atoms with Crippen molar-refractivity contribution in [2.75, 3.05) is 0 Å². The Labute approximate surface area is 196 Å². The largest absolute Gasteiger partial charge is 0.457 e. The number of rotatable bonds is 3. The Balaban J connectivity index is 1.56. The van der Waals surface area contributed by atoms with Gasteiger partial charge in [-0.3, -0.25) is 4.79 Å². The molecule has 4 nitrogen and oxygen atoms in total. The molecule has 1 N–H and O–H groups in total. The molecule has 4 rings (SSSR count). The lowest BCUT2D eigenvalue weighted by molar-refractivity contribution is -0.115. The van der Waals surface area contributed by atoms with Crippen LogP contribution < -0.4 is 5.32 Å². The number of nitrogens with one attached hydrogen (secondary N) is 1. The summed E-state index contributed by atoms with van der Waals surface area (Å²) in [4.78, 5) is 17.4. The number of aliphatic imine (C=N–C) groups is 1. The van der Waals surface area contributed by atoms with E-state index in [0.717, 1.165) is 26.9 Å². The van der Waals surface area contributed by atoms with Gasteiger partial charge in [0.1, 0.15) is 11.5 Å². The molecule has 152 valence electrons. The van der Waals surface area contributed by atoms with Gasteiger partial charge in [-0.25, -0.2) is 4.99 Å². The third-order valence-corrected chi connectivity index (χ3v) is 7.31. The summed E-state index contributed by atoms with van der Waals surface area (Å²) < 4.78 is 6.92. The molecule has 1 amide bonds. The molecule has 1 aromatic heterocycles. The minimum absolute atomic E-state index is 0.211. The Morgan fingerprint density at radius 2 is 1.80 bits per heavy atom. The summed E-state index contributed by atoms with van der Waals surface area (Å²) in [5.41, 5.74) is 3.77. The van der Waals surface area contributed by atoms with Gasteiger partial charge in [-0.1, -0.05) is 39.1 Å². The first-order chi connectivity index (χ1) is 14.3. The maximum absolute atomic E-state index is 12.4. The zero-order chi connectivity index (χ0) is 21.4. The second kappa shape index (κ2) is 8.63. The third kappa shape index (κ3) is 4.52. The Hall–Kier alpha value is -1.99. The topological polar surface area (TPSA) is 54.6 Å². The molecule has 8 heteroatoms. The van der Waals surface area contributed by atoms with Crippen molar-refractivity contribution >= 4 is 73.7 Å². The van der Waals surface area contributed by atoms with E-state index in [1.165, 1.54) is 11.8 Å². The molecule has 0 bridgehead atoms. The van der Waals surface area contributed by atoms with Gasteiger partial charge in [0.05, 0.1) is 20.6 Å². The van der Waals surface area contributed by atoms with Gasteiger partial charge in [0.25, 0.3) is 5.91 Å². The Kier molecular flexibility index (Phi) is 6.11. The number of amides is 1. The second-order valence-corrected chi connectivity index (χ2v) is 9.34. The van der Waals surface area contributed by atoms with Crippen molar-refractivity contribution < 1.29 is 9.21 Å². The average molecular weight is 522 g/mol. The van der Waals surface area contributed by atoms with Crippen molar-refractivity contribution in [1.82, 2.24) is 5.32 Å². The van der Waals surface area contributed by atoms with E-state index in [-0.39, 0.29) is 5.91 Å². The van der Waals surface area contributed by atoms with Gasteiger partial charge in [-0.05, 0) is 79.2 Å². The smallest absolute Gasteiger partial charge is 0.264 e. The van der Waals surface area contributed by atoms with Crippen LogP contribution in [0.5, 0.6) is 0 Å². The zero-order valence-corrected chi connectivity index (χ0v) is 19.8. The molecule has 0 unspecified atom stereocenters. The summed E-state index contributed by atoms with van der Waals surface area (Å²) in [5, 5.41) is 4.27. The first kappa shape index (κ1) is 21.2. The minimum Gasteiger partial charge on any atom is -0.457 e. The van der Waals surface area contributed by atoms with Crippen LogP contribution in [0.4, 0.5) is 5.69 Å². The van der Waals surface area contributed by atoms with E-state index < -0.39 is 0 Å². The molecule has 0 radical (unpaired) electrons. The SMILES string of the molecule is Cc1cc(N=C2NC(=O)/C(=C\c3ccc(-c4ccc(Cl)c(Cl)c4)o3)S2)cc(C)c1Br. The molecular formula is C22H15BrCl2N2O2S. The van der Waals surface area contributed by atoms with E-state index in [4.69, 9.17) is 27.6 Å². The first-order valence-corrected chi connectivity index (χ1v) is 11.3. The highest BCUT2D eigenvalue weighted by Gasteiger charge is 2.24. The number of aryl methyl sites for hydroxylation is 2. The van der Waals surface area contributed by atoms with Gasteiger partial charge >= 0.3 is 0 Å². The number of carbonyl (C=O) groups excluding carboxylic acids is 1. The lowest BCUT2D eigenvalue weighted by atomic mass is 10.1. The maximum atomic E-state index is 12.4. The minimum atomic E-state index is -0.211. The molecule has 0 atom stereocenters. The van der Waals surface area contributed by atoms with Gasteiger partial charge in [0.2, 0.25) is 0 Å². The van der Waals surface area contributed by atoms with Crippen LogP contribution in [-0.2, 0) is 4.79 Å². The van der Waals surface area contributed by atoms with Crippen molar-refractivity contribution in [2.45, 2.75) is 13.8 Å². The zero-order valence-electron chi connectivity index (χ0n) is 15.9. The molecule has 0 aliphatic carbocycles. The van der Waals surface area contributed by atoms with E-state index in [1.54, 1.807) is 24.3 Å². The fourth-order valence-electron chi connectivity index (χ4n) is 2.95. The fourth-order valence-corrected chi connectivity index (χ4v) is 4.30. The highest BCUT2D eigenvalue weighted by Crippen LogP contribution is 2.33. The fraction of sp³-hybridized carbons (Fsp3) is 0.0909. The van der Waals surface area contributed by atoms with Crippen molar-refractivity contribution in [2.24, 2.45) is 4.99 Å². The first-order valence-electron chi connectivity index (χ1n) is 8.92. The number of nitrogens with zero attached hydrogens (tertiary/aromatic N) is 1.